The van der Waals surface area contributed by atoms with Gasteiger partial charge in [-0.3, -0.25) is 9.36 Å². The minimum absolute atomic E-state index is 0.0168. The normalized spacial score (nSPS) is 14.6. The summed E-state index contributed by atoms with van der Waals surface area (Å²) in [6, 6.07) is 9.36. The lowest BCUT2D eigenvalue weighted by atomic mass is 10.1. The Morgan fingerprint density at radius 1 is 1.11 bits per heavy atom. The molecule has 1 atom stereocenters. The van der Waals surface area contributed by atoms with Crippen molar-refractivity contribution in [3.8, 4) is 11.3 Å². The molecular formula is C26H27F2N7OS. The van der Waals surface area contributed by atoms with Gasteiger partial charge in [-0.1, -0.05) is 5.87 Å². The Kier molecular flexibility index (Phi) is 6.98. The third-order valence-electron chi connectivity index (χ3n) is 6.24. The first kappa shape index (κ1) is 25.0. The fourth-order valence-electron chi connectivity index (χ4n) is 4.37. The highest BCUT2D eigenvalue weighted by Crippen LogP contribution is 2.27. The van der Waals surface area contributed by atoms with Crippen molar-refractivity contribution in [2.45, 2.75) is 18.5 Å². The van der Waals surface area contributed by atoms with E-state index in [0.29, 0.717) is 34.0 Å². The van der Waals surface area contributed by atoms with Crippen LogP contribution in [0.1, 0.15) is 6.92 Å². The number of rotatable bonds is 6. The molecule has 4 aromatic rings. The summed E-state index contributed by atoms with van der Waals surface area (Å²) in [5.41, 5.74) is 1.14. The maximum atomic E-state index is 14.9. The summed E-state index contributed by atoms with van der Waals surface area (Å²) in [7, 11) is -0.442. The quantitative estimate of drug-likeness (QED) is 0.370. The molecule has 4 heterocycles. The van der Waals surface area contributed by atoms with Crippen LogP contribution in [0.5, 0.6) is 0 Å². The first-order valence-corrected chi connectivity index (χ1v) is 13.7. The number of benzene rings is 1. The van der Waals surface area contributed by atoms with Crippen LogP contribution in [0, 0.1) is 11.6 Å². The Labute approximate surface area is 215 Å². The second-order valence-electron chi connectivity index (χ2n) is 8.73. The molecule has 11 heteroatoms. The van der Waals surface area contributed by atoms with E-state index in [2.05, 4.69) is 31.5 Å². The number of nitrogens with zero attached hydrogens (tertiary/aromatic N) is 5. The number of halogens is 2. The van der Waals surface area contributed by atoms with E-state index in [1.165, 1.54) is 16.7 Å². The highest BCUT2D eigenvalue weighted by atomic mass is 32.2. The van der Waals surface area contributed by atoms with Gasteiger partial charge in [0.1, 0.15) is 23.0 Å². The zero-order chi connectivity index (χ0) is 26.1. The standard InChI is InChI=1S/C26H27F2N7OS/c1-4-35-24-16(13-18(25(35)36)23-19(27)6-8-22(32-23)37(2)3)15-30-26(33-24)31-17-5-7-21(20(28)14-17)34-11-9-29-10-12-34/h5-8,13-15,29H,2,4,9-12H2,1,3H3,(H,30,31,33). The molecule has 192 valence electrons. The topological polar surface area (TPSA) is 88.0 Å². The van der Waals surface area contributed by atoms with Crippen LogP contribution in [0.2, 0.25) is 0 Å². The van der Waals surface area contributed by atoms with Crippen molar-refractivity contribution in [2.24, 2.45) is 0 Å². The van der Waals surface area contributed by atoms with Crippen molar-refractivity contribution in [1.82, 2.24) is 24.8 Å². The molecule has 2 N–H and O–H groups in total. The molecule has 1 aliphatic heterocycles. The zero-order valence-electron chi connectivity index (χ0n) is 20.6. The van der Waals surface area contributed by atoms with Crippen LogP contribution in [0.4, 0.5) is 26.1 Å². The van der Waals surface area contributed by atoms with Gasteiger partial charge in [0.2, 0.25) is 5.95 Å². The van der Waals surface area contributed by atoms with Crippen molar-refractivity contribution in [1.29, 1.82) is 0 Å². The first-order chi connectivity index (χ1) is 17.9. The van der Waals surface area contributed by atoms with E-state index in [0.717, 1.165) is 26.2 Å². The number of anilines is 3. The van der Waals surface area contributed by atoms with Gasteiger partial charge in [-0.05, 0) is 49.6 Å². The Morgan fingerprint density at radius 3 is 2.59 bits per heavy atom. The maximum Gasteiger partial charge on any atom is 0.261 e. The molecule has 1 fully saturated rings. The monoisotopic (exact) mass is 523 g/mol. The van der Waals surface area contributed by atoms with Crippen LogP contribution < -0.4 is 21.1 Å². The third-order valence-corrected chi connectivity index (χ3v) is 7.18. The molecule has 5 rings (SSSR count). The van der Waals surface area contributed by atoms with E-state index < -0.39 is 21.9 Å². The van der Waals surface area contributed by atoms with Gasteiger partial charge in [-0.25, -0.2) is 18.7 Å². The largest absolute Gasteiger partial charge is 0.367 e. The molecule has 1 unspecified atom stereocenters. The van der Waals surface area contributed by atoms with Crippen LogP contribution >= 0.6 is 10.5 Å². The number of fused-ring (bicyclic) bond motifs is 1. The molecule has 37 heavy (non-hydrogen) atoms. The molecule has 0 spiro atoms. The summed E-state index contributed by atoms with van der Waals surface area (Å²) < 4.78 is 31.0. The van der Waals surface area contributed by atoms with Gasteiger partial charge >= 0.3 is 0 Å². The van der Waals surface area contributed by atoms with Crippen LogP contribution in [0.25, 0.3) is 22.3 Å². The zero-order valence-corrected chi connectivity index (χ0v) is 21.4. The molecule has 8 nitrogen and oxygen atoms in total. The lowest BCUT2D eigenvalue weighted by Gasteiger charge is -2.29. The van der Waals surface area contributed by atoms with Gasteiger partial charge in [0.15, 0.2) is 0 Å². The van der Waals surface area contributed by atoms with E-state index in [-0.39, 0.29) is 23.0 Å². The van der Waals surface area contributed by atoms with Crippen molar-refractivity contribution < 1.29 is 8.78 Å². The minimum atomic E-state index is -0.584. The molecule has 1 aliphatic rings. The fraction of sp³-hybridized carbons (Fsp3) is 0.269. The van der Waals surface area contributed by atoms with Crippen molar-refractivity contribution in [3.63, 3.8) is 0 Å². The highest BCUT2D eigenvalue weighted by molar-refractivity contribution is 8.13. The summed E-state index contributed by atoms with van der Waals surface area (Å²) in [5, 5.41) is 7.45. The molecule has 0 radical (unpaired) electrons. The smallest absolute Gasteiger partial charge is 0.261 e. The molecule has 0 amide bonds. The molecule has 3 aromatic heterocycles. The third kappa shape index (κ3) is 4.96. The van der Waals surface area contributed by atoms with Crippen LogP contribution in [-0.4, -0.2) is 57.8 Å². The van der Waals surface area contributed by atoms with Crippen molar-refractivity contribution in [3.05, 3.63) is 64.6 Å². The molecule has 1 saturated heterocycles. The summed E-state index contributed by atoms with van der Waals surface area (Å²) >= 11 is 0. The van der Waals surface area contributed by atoms with E-state index in [9.17, 15) is 13.6 Å². The Balaban J connectivity index is 1.50. The highest BCUT2D eigenvalue weighted by Gasteiger charge is 2.18. The lowest BCUT2D eigenvalue weighted by molar-refractivity contribution is 0.566. The molecular weight excluding hydrogens is 496 g/mol. The van der Waals surface area contributed by atoms with Crippen molar-refractivity contribution >= 4 is 44.7 Å². The summed E-state index contributed by atoms with van der Waals surface area (Å²) in [6.45, 7) is 5.23. The van der Waals surface area contributed by atoms with E-state index >= 15 is 0 Å². The van der Waals surface area contributed by atoms with Crippen LogP contribution in [-0.2, 0) is 6.54 Å². The first-order valence-electron chi connectivity index (χ1n) is 11.9. The molecule has 0 saturated carbocycles. The van der Waals surface area contributed by atoms with Gasteiger partial charge in [-0.2, -0.15) is 4.98 Å². The van der Waals surface area contributed by atoms with E-state index in [1.54, 1.807) is 30.5 Å². The number of nitrogens with one attached hydrogen (secondary N) is 2. The predicted octanol–water partition coefficient (Wildman–Crippen LogP) is 3.99. The maximum absolute atomic E-state index is 14.9. The van der Waals surface area contributed by atoms with Crippen LogP contribution in [0.15, 0.2) is 52.4 Å². The SMILES string of the molecule is C=S(C)c1ccc(F)c(-c2cc3cnc(Nc4ccc(N5CCNCC5)c(F)c4)nc3n(CC)c2=O)n1. The average molecular weight is 524 g/mol. The Hall–Kier alpha value is -3.70. The van der Waals surface area contributed by atoms with Gasteiger partial charge in [0.05, 0.1) is 16.3 Å². The molecule has 0 bridgehead atoms. The summed E-state index contributed by atoms with van der Waals surface area (Å²) in [5.74, 6) is 3.26. The predicted molar refractivity (Wildman–Crippen MR) is 146 cm³/mol. The van der Waals surface area contributed by atoms with Crippen molar-refractivity contribution in [2.75, 3.05) is 42.7 Å². The summed E-state index contributed by atoms with van der Waals surface area (Å²) in [4.78, 5) is 28.6. The number of aryl methyl sites for hydroxylation is 1. The molecule has 0 aliphatic carbocycles. The lowest BCUT2D eigenvalue weighted by Crippen LogP contribution is -2.43. The molecule has 1 aromatic carbocycles. The van der Waals surface area contributed by atoms with Gasteiger partial charge < -0.3 is 15.5 Å². The number of hydrogen-bond acceptors (Lipinski definition) is 7. The number of pyridine rings is 2. The Bertz CT molecular complexity index is 1570. The fourth-order valence-corrected chi connectivity index (χ4v) is 4.91. The second kappa shape index (κ2) is 10.3. The Morgan fingerprint density at radius 2 is 1.89 bits per heavy atom. The minimum Gasteiger partial charge on any atom is -0.367 e. The number of piperazine rings is 1. The van der Waals surface area contributed by atoms with Crippen LogP contribution in [0.3, 0.4) is 0 Å². The average Bonchev–Trinajstić information content (AvgIpc) is 2.89. The van der Waals surface area contributed by atoms with E-state index in [4.69, 9.17) is 0 Å². The van der Waals surface area contributed by atoms with Gasteiger partial charge in [0, 0.05) is 50.0 Å². The summed E-state index contributed by atoms with van der Waals surface area (Å²) in [6.07, 6.45) is 3.43. The van der Waals surface area contributed by atoms with Gasteiger partial charge in [-0.15, -0.1) is 10.5 Å². The number of hydrogen-bond donors (Lipinski definition) is 2. The number of aromatic nitrogens is 4. The second-order valence-corrected chi connectivity index (χ2v) is 10.4. The van der Waals surface area contributed by atoms with E-state index in [1.807, 2.05) is 18.1 Å². The van der Waals surface area contributed by atoms with Gasteiger partial charge in [0.25, 0.3) is 5.56 Å².